The second-order valence-electron chi connectivity index (χ2n) is 5.72. The van der Waals surface area contributed by atoms with E-state index in [0.29, 0.717) is 29.1 Å². The number of hydrogen-bond acceptors (Lipinski definition) is 6. The predicted octanol–water partition coefficient (Wildman–Crippen LogP) is 3.21. The van der Waals surface area contributed by atoms with Gasteiger partial charge >= 0.3 is 5.97 Å². The number of amides is 1. The molecule has 1 aromatic heterocycles. The number of fused-ring (bicyclic) bond motifs is 1. The van der Waals surface area contributed by atoms with E-state index in [0.717, 1.165) is 0 Å². The van der Waals surface area contributed by atoms with E-state index in [-0.39, 0.29) is 5.56 Å². The lowest BCUT2D eigenvalue weighted by Gasteiger charge is -2.14. The third kappa shape index (κ3) is 4.38. The number of rotatable bonds is 6. The molecule has 0 aliphatic rings. The van der Waals surface area contributed by atoms with Gasteiger partial charge in [0, 0.05) is 18.1 Å². The minimum Gasteiger partial charge on any atom is -0.494 e. The van der Waals surface area contributed by atoms with Crippen LogP contribution in [0.1, 0.15) is 24.2 Å². The molecule has 0 spiro atoms. The first-order valence-electron chi connectivity index (χ1n) is 8.53. The molecule has 0 fully saturated rings. The van der Waals surface area contributed by atoms with Crippen LogP contribution in [0, 0.1) is 0 Å². The van der Waals surface area contributed by atoms with Crippen molar-refractivity contribution in [2.24, 2.45) is 0 Å². The van der Waals surface area contributed by atoms with Gasteiger partial charge in [0.05, 0.1) is 17.7 Å². The number of hydrogen-bond donors (Lipinski definition) is 1. The number of aromatic nitrogens is 2. The van der Waals surface area contributed by atoms with E-state index in [1.165, 1.54) is 13.1 Å². The summed E-state index contributed by atoms with van der Waals surface area (Å²) < 4.78 is 10.7. The van der Waals surface area contributed by atoms with Crippen molar-refractivity contribution in [3.63, 3.8) is 0 Å². The van der Waals surface area contributed by atoms with Crippen molar-refractivity contribution in [3.05, 3.63) is 60.4 Å². The number of carbonyl (C=O) groups excluding carboxylic acids is 2. The molecule has 0 aliphatic heterocycles. The van der Waals surface area contributed by atoms with Crippen molar-refractivity contribution in [1.29, 1.82) is 0 Å². The zero-order valence-electron chi connectivity index (χ0n) is 15.0. The van der Waals surface area contributed by atoms with E-state index in [4.69, 9.17) is 9.47 Å². The van der Waals surface area contributed by atoms with Crippen LogP contribution in [0.15, 0.2) is 54.9 Å². The number of esters is 1. The van der Waals surface area contributed by atoms with Crippen LogP contribution in [0.25, 0.3) is 11.0 Å². The number of nitrogens with zero attached hydrogens (tertiary/aromatic N) is 2. The minimum absolute atomic E-state index is 0.265. The number of benzene rings is 2. The molecule has 1 atom stereocenters. The third-order valence-corrected chi connectivity index (χ3v) is 3.80. The highest BCUT2D eigenvalue weighted by atomic mass is 16.5. The molecule has 138 valence electrons. The fourth-order valence-corrected chi connectivity index (χ4v) is 2.48. The summed E-state index contributed by atoms with van der Waals surface area (Å²) in [6.45, 7) is 3.98. The highest BCUT2D eigenvalue weighted by Crippen LogP contribution is 2.18. The molecule has 3 rings (SSSR count). The van der Waals surface area contributed by atoms with Crippen LogP contribution in [0.2, 0.25) is 0 Å². The summed E-state index contributed by atoms with van der Waals surface area (Å²) in [7, 11) is 0. The Kier molecular flexibility index (Phi) is 5.61. The lowest BCUT2D eigenvalue weighted by molar-refractivity contribution is -0.123. The highest BCUT2D eigenvalue weighted by Gasteiger charge is 2.21. The summed E-state index contributed by atoms with van der Waals surface area (Å²) in [6.07, 6.45) is 2.07. The molecule has 1 amide bonds. The Hall–Kier alpha value is -3.48. The average molecular weight is 365 g/mol. The number of para-hydroxylation sites is 1. The Morgan fingerprint density at radius 3 is 2.56 bits per heavy atom. The topological polar surface area (TPSA) is 90.4 Å². The minimum atomic E-state index is -0.976. The summed E-state index contributed by atoms with van der Waals surface area (Å²) >= 11 is 0. The molecule has 0 saturated carbocycles. The van der Waals surface area contributed by atoms with Crippen molar-refractivity contribution in [2.45, 2.75) is 20.0 Å². The molecule has 1 N–H and O–H groups in total. The summed E-state index contributed by atoms with van der Waals surface area (Å²) in [5.74, 6) is -0.346. The second kappa shape index (κ2) is 8.27. The molecular weight excluding hydrogens is 346 g/mol. The van der Waals surface area contributed by atoms with Gasteiger partial charge in [-0.1, -0.05) is 6.07 Å². The molecule has 1 unspecified atom stereocenters. The molecule has 7 heteroatoms. The van der Waals surface area contributed by atoms with Gasteiger partial charge in [0.1, 0.15) is 11.3 Å². The first-order valence-corrected chi connectivity index (χ1v) is 8.53. The highest BCUT2D eigenvalue weighted by molar-refractivity contribution is 6.03. The fourth-order valence-electron chi connectivity index (χ4n) is 2.48. The molecule has 0 radical (unpaired) electrons. The van der Waals surface area contributed by atoms with Gasteiger partial charge in [-0.25, -0.2) is 4.79 Å². The third-order valence-electron chi connectivity index (χ3n) is 3.80. The van der Waals surface area contributed by atoms with Crippen molar-refractivity contribution < 1.29 is 19.1 Å². The number of ether oxygens (including phenoxy) is 2. The number of carbonyl (C=O) groups is 2. The lowest BCUT2D eigenvalue weighted by atomic mass is 10.2. The van der Waals surface area contributed by atoms with E-state index in [1.807, 2.05) is 6.92 Å². The van der Waals surface area contributed by atoms with Crippen LogP contribution in [0.4, 0.5) is 5.69 Å². The molecule has 27 heavy (non-hydrogen) atoms. The molecule has 0 aliphatic carbocycles. The van der Waals surface area contributed by atoms with Gasteiger partial charge in [-0.05, 0) is 50.2 Å². The van der Waals surface area contributed by atoms with E-state index in [1.54, 1.807) is 48.7 Å². The van der Waals surface area contributed by atoms with E-state index < -0.39 is 18.0 Å². The van der Waals surface area contributed by atoms with Crippen LogP contribution in [0.3, 0.4) is 0 Å². The van der Waals surface area contributed by atoms with Crippen molar-refractivity contribution in [1.82, 2.24) is 9.97 Å². The average Bonchev–Trinajstić information content (AvgIpc) is 2.69. The Morgan fingerprint density at radius 2 is 1.81 bits per heavy atom. The smallest absolute Gasteiger partial charge is 0.341 e. The maximum absolute atomic E-state index is 12.5. The molecular formula is C20H19N3O4. The largest absolute Gasteiger partial charge is 0.494 e. The lowest BCUT2D eigenvalue weighted by Crippen LogP contribution is -2.30. The van der Waals surface area contributed by atoms with Gasteiger partial charge in [-0.15, -0.1) is 0 Å². The van der Waals surface area contributed by atoms with Crippen molar-refractivity contribution in [2.75, 3.05) is 11.9 Å². The monoisotopic (exact) mass is 365 g/mol. The molecule has 3 aromatic rings. The normalized spacial score (nSPS) is 11.6. The van der Waals surface area contributed by atoms with Gasteiger partial charge < -0.3 is 14.8 Å². The summed E-state index contributed by atoms with van der Waals surface area (Å²) in [4.78, 5) is 33.1. The van der Waals surface area contributed by atoms with Gasteiger partial charge in [-0.3, -0.25) is 14.8 Å². The van der Waals surface area contributed by atoms with Crippen LogP contribution < -0.4 is 10.1 Å². The summed E-state index contributed by atoms with van der Waals surface area (Å²) in [5, 5.41) is 2.71. The van der Waals surface area contributed by atoms with Crippen LogP contribution in [-0.4, -0.2) is 34.6 Å². The SMILES string of the molecule is CCOc1ccc(NC(=O)C(C)OC(=O)c2cccc3nccnc23)cc1. The maximum Gasteiger partial charge on any atom is 0.341 e. The Labute approximate surface area is 156 Å². The standard InChI is InChI=1S/C20H19N3O4/c1-3-26-15-9-7-14(8-10-15)23-19(24)13(2)27-20(25)16-5-4-6-17-18(16)22-12-11-21-17/h4-13H,3H2,1-2H3,(H,23,24). The maximum atomic E-state index is 12.5. The Morgan fingerprint density at radius 1 is 1.07 bits per heavy atom. The second-order valence-corrected chi connectivity index (χ2v) is 5.72. The zero-order chi connectivity index (χ0) is 19.2. The predicted molar refractivity (Wildman–Crippen MR) is 101 cm³/mol. The quantitative estimate of drug-likeness (QED) is 0.675. The van der Waals surface area contributed by atoms with Gasteiger partial charge in [0.2, 0.25) is 0 Å². The van der Waals surface area contributed by atoms with Gasteiger partial charge in [-0.2, -0.15) is 0 Å². The first-order chi connectivity index (χ1) is 13.1. The fraction of sp³-hybridized carbons (Fsp3) is 0.200. The first kappa shape index (κ1) is 18.3. The Bertz CT molecular complexity index is 952. The Balaban J connectivity index is 1.66. The zero-order valence-corrected chi connectivity index (χ0v) is 15.0. The van der Waals surface area contributed by atoms with E-state index >= 15 is 0 Å². The molecule has 0 bridgehead atoms. The molecule has 1 heterocycles. The van der Waals surface area contributed by atoms with Crippen molar-refractivity contribution >= 4 is 28.6 Å². The molecule has 2 aromatic carbocycles. The van der Waals surface area contributed by atoms with Gasteiger partial charge in [0.15, 0.2) is 6.10 Å². The van der Waals surface area contributed by atoms with E-state index in [2.05, 4.69) is 15.3 Å². The number of anilines is 1. The molecule has 0 saturated heterocycles. The van der Waals surface area contributed by atoms with Crippen LogP contribution in [0.5, 0.6) is 5.75 Å². The van der Waals surface area contributed by atoms with Crippen molar-refractivity contribution in [3.8, 4) is 5.75 Å². The number of nitrogens with one attached hydrogen (secondary N) is 1. The van der Waals surface area contributed by atoms with Crippen LogP contribution >= 0.6 is 0 Å². The summed E-state index contributed by atoms with van der Waals surface area (Å²) in [5.41, 5.74) is 1.87. The molecule has 7 nitrogen and oxygen atoms in total. The summed E-state index contributed by atoms with van der Waals surface area (Å²) in [6, 6.07) is 12.0. The van der Waals surface area contributed by atoms with E-state index in [9.17, 15) is 9.59 Å². The van der Waals surface area contributed by atoms with Gasteiger partial charge in [0.25, 0.3) is 5.91 Å². The van der Waals surface area contributed by atoms with Crippen LogP contribution in [-0.2, 0) is 9.53 Å².